The van der Waals surface area contributed by atoms with Gasteiger partial charge in [-0.1, -0.05) is 383 Å². The lowest BCUT2D eigenvalue weighted by molar-refractivity contribution is 0.660. The van der Waals surface area contributed by atoms with Gasteiger partial charge >= 0.3 is 0 Å². The topological polar surface area (TPSA) is 39.4 Å². The molecule has 0 N–H and O–H groups in total. The summed E-state index contributed by atoms with van der Waals surface area (Å²) in [5.41, 5.74) is -1.34. The first kappa shape index (κ1) is 36.1. The molecule has 25 rings (SSSR count). The van der Waals surface area contributed by atoms with E-state index in [1.807, 2.05) is 6.07 Å². The molecule has 0 atom stereocenters. The zero-order valence-electron chi connectivity index (χ0n) is 108. The van der Waals surface area contributed by atoms with Crippen molar-refractivity contribution in [3.05, 3.63) is 423 Å². The van der Waals surface area contributed by atoms with Crippen LogP contribution in [0.15, 0.2) is 425 Å². The maximum absolute atomic E-state index is 9.52. The number of rotatable bonds is 7. The third-order valence-corrected chi connectivity index (χ3v) is 21.6. The van der Waals surface area contributed by atoms with Crippen molar-refractivity contribution in [3.63, 3.8) is 0 Å². The van der Waals surface area contributed by atoms with Gasteiger partial charge in [-0.15, -0.1) is 0 Å². The van der Waals surface area contributed by atoms with Crippen LogP contribution in [0.2, 0.25) is 0 Å². The Balaban J connectivity index is 0.000000133. The maximum Gasteiger partial charge on any atom is 0.136 e. The SMILES string of the molecule is [2H]c1c([2H])c([2H])c(-c2c([2H])c([2H])c([2H])c(-c3c4c([2H])c([2H])c([2H])c([2H])c4c(-c4cccc5oc6ccccc6c45)c4c([2H])c([2H])c([2H])c([2H])c34)c2[2H])c([2H])c1[2H].[2H]c1c([2H])c([2H])c2c(-c3c4c([2H])c([2H])c([2H])c([2H])c4c(-c4cccc5oc6ccccc6c45)c4c([2H])c([2H])c([2H])c([2H])c34)c([2H])c([2H])c([2H])c2c1[2H].[2H]c1c([2H])c([2H])c2c(c1[2H])-c1c(-c3c4c([2H])c([2H])c([2H])c([2H])c4c(-c4cccc5oc6ccccc6c45)c4c([2H])c([2H])c([2H])c([2H])c34)c([2H])c([2H])c([2H])c1C2(C)C. The second-order valence-electron chi connectivity index (χ2n) is 28.2. The van der Waals surface area contributed by atoms with Crippen molar-refractivity contribution in [1.82, 2.24) is 0 Å². The van der Waals surface area contributed by atoms with Crippen LogP contribution in [-0.2, 0) is 5.41 Å². The van der Waals surface area contributed by atoms with E-state index < -0.39 is 328 Å². The van der Waals surface area contributed by atoms with Gasteiger partial charge in [0, 0.05) is 37.7 Å². The van der Waals surface area contributed by atoms with E-state index in [2.05, 4.69) is 0 Å². The summed E-state index contributed by atoms with van der Waals surface area (Å²) in [5.74, 6) is 0. The third-order valence-electron chi connectivity index (χ3n) is 21.6. The van der Waals surface area contributed by atoms with Crippen LogP contribution in [0.4, 0.5) is 0 Å². The number of hydrogen-bond donors (Lipinski definition) is 0. The predicted octanol–water partition coefficient (Wildman–Crippen LogP) is 32.8. The molecule has 552 valence electrons. The average Bonchev–Trinajstić information content (AvgIpc) is 1.63. The second kappa shape index (κ2) is 27.6. The average molecular weight is 1550 g/mol. The van der Waals surface area contributed by atoms with Crippen molar-refractivity contribution >= 4 is 141 Å². The van der Waals surface area contributed by atoms with Gasteiger partial charge in [-0.05, 0) is 218 Å². The molecule has 0 spiro atoms. The summed E-state index contributed by atoms with van der Waals surface area (Å²) in [6, 6.07) is 4.51. The number of para-hydroxylation sites is 3. The monoisotopic (exact) mass is 1550 g/mol. The van der Waals surface area contributed by atoms with Gasteiger partial charge in [0.25, 0.3) is 0 Å². The van der Waals surface area contributed by atoms with E-state index in [9.17, 15) is 20.6 Å². The van der Waals surface area contributed by atoms with E-state index in [1.54, 1.807) is 135 Å². The highest BCUT2D eigenvalue weighted by Crippen LogP contribution is 2.57. The summed E-state index contributed by atoms with van der Waals surface area (Å²) in [4.78, 5) is 0. The molecule has 0 unspecified atom stereocenters. The van der Waals surface area contributed by atoms with Crippen molar-refractivity contribution in [3.8, 4) is 89.0 Å². The minimum atomic E-state index is -1.35. The Hall–Kier alpha value is -15.2. The normalized spacial score (nSPS) is 18.0. The van der Waals surface area contributed by atoms with Crippen LogP contribution in [0, 0.1) is 0 Å². The quantitative estimate of drug-likeness (QED) is 0.149. The molecule has 3 aromatic heterocycles. The lowest BCUT2D eigenvalue weighted by Crippen LogP contribution is -2.14. The van der Waals surface area contributed by atoms with Crippen LogP contribution in [-0.4, -0.2) is 0 Å². The van der Waals surface area contributed by atoms with Crippen molar-refractivity contribution < 1.29 is 77.7 Å². The minimum absolute atomic E-state index is 0.0193. The Morgan fingerprint density at radius 3 is 0.941 bits per heavy atom. The zero-order valence-corrected chi connectivity index (χ0v) is 61.3. The highest BCUT2D eigenvalue weighted by molar-refractivity contribution is 6.30. The molecular formula is C115H74O3. The van der Waals surface area contributed by atoms with Gasteiger partial charge in [0.1, 0.15) is 33.5 Å². The fourth-order valence-electron chi connectivity index (χ4n) is 16.8. The summed E-state index contributed by atoms with van der Waals surface area (Å²) in [6.45, 7) is 3.27. The van der Waals surface area contributed by atoms with Crippen molar-refractivity contribution in [1.29, 1.82) is 0 Å². The lowest BCUT2D eigenvalue weighted by Gasteiger charge is -2.22. The van der Waals surface area contributed by atoms with Crippen molar-refractivity contribution in [2.45, 2.75) is 19.3 Å². The molecule has 0 saturated carbocycles. The molecule has 1 aliphatic rings. The van der Waals surface area contributed by atoms with Crippen molar-refractivity contribution in [2.75, 3.05) is 0 Å². The summed E-state index contributed by atoms with van der Waals surface area (Å²) < 4.78 is 438. The third kappa shape index (κ3) is 10.7. The van der Waals surface area contributed by atoms with Gasteiger partial charge in [0.15, 0.2) is 0 Å². The molecule has 0 radical (unpaired) electrons. The standard InChI is InChI=1S/C41H28O.C38H24O.C36H22O/c1-41(2)33-21-9-7-17-29(33)39-31(19-11-22-34(39)41)37-25-13-3-5-15-27(25)38(28-16-6-4-14-26(28)37)32-20-12-24-36-40(32)30-18-8-10-23-35(30)42-36;1-2-12-25(13-3-1)26-14-10-15-27(24-26)36-28-16-4-6-18-30(28)37(31-19-7-5-17-29(31)36)33-21-11-23-35-38(33)32-20-8-9-22-34(32)39-35;1-2-13-24-23(11-1)12-9-19-25(24)34-26-14-3-5-16-28(26)35(29-17-6-4-15-27(29)34)31-20-10-22-33-36(31)30-18-7-8-21-32(30)37-33/h3-24H,1-2H3;1-24H;1-22H/i3D,4D,5D,6D,7D,9D,11D,13D,14D,15D,16D,17D,19D,21D,22D;1D,2D,3D,4D,5D,6D,7D,10D,12D,13D,14D,15D,16D,17D,18D,19D,24D;1D,2D,3D,4D,5D,6D,9D,11D,12D,13D,14D,15D,16D,17D,19D. The van der Waals surface area contributed by atoms with E-state index in [1.165, 1.54) is 0 Å². The predicted molar refractivity (Wildman–Crippen MR) is 499 cm³/mol. The fraction of sp³-hybridized carbons (Fsp3) is 0.0261. The van der Waals surface area contributed by atoms with Crippen LogP contribution in [0.25, 0.3) is 230 Å². The van der Waals surface area contributed by atoms with Crippen molar-refractivity contribution in [2.24, 2.45) is 0 Å². The maximum atomic E-state index is 9.52. The largest absolute Gasteiger partial charge is 0.456 e. The molecule has 3 nitrogen and oxygen atoms in total. The molecule has 3 heterocycles. The van der Waals surface area contributed by atoms with Crippen LogP contribution in [0.3, 0.4) is 0 Å². The summed E-state index contributed by atoms with van der Waals surface area (Å²) in [7, 11) is 0. The Morgan fingerprint density at radius 2 is 0.492 bits per heavy atom. The van der Waals surface area contributed by atoms with E-state index in [0.717, 1.165) is 0 Å². The molecule has 0 fully saturated rings. The summed E-state index contributed by atoms with van der Waals surface area (Å²) in [5, 5.41) is -0.475. The molecule has 0 saturated heterocycles. The van der Waals surface area contributed by atoms with Gasteiger partial charge in [0.05, 0.1) is 64.4 Å². The van der Waals surface area contributed by atoms with E-state index in [4.69, 9.17) is 57.1 Å². The van der Waals surface area contributed by atoms with Gasteiger partial charge in [0.2, 0.25) is 0 Å². The fourth-order valence-corrected chi connectivity index (χ4v) is 16.8. The van der Waals surface area contributed by atoms with Crippen LogP contribution in [0.1, 0.15) is 89.4 Å². The van der Waals surface area contributed by atoms with E-state index in [-0.39, 0.29) is 126 Å². The number of furan rings is 3. The van der Waals surface area contributed by atoms with Crippen LogP contribution < -0.4 is 0 Å². The summed E-state index contributed by atoms with van der Waals surface area (Å²) in [6.07, 6.45) is 0. The number of benzene rings is 21. The molecule has 24 aromatic rings. The molecule has 0 aliphatic heterocycles. The summed E-state index contributed by atoms with van der Waals surface area (Å²) >= 11 is 0. The Labute approximate surface area is 747 Å². The van der Waals surface area contributed by atoms with E-state index >= 15 is 0 Å². The molecule has 118 heavy (non-hydrogen) atoms. The number of hydrogen-bond acceptors (Lipinski definition) is 3. The Bertz CT molecular complexity index is 11000. The Kier molecular flexibility index (Phi) is 8.44. The van der Waals surface area contributed by atoms with E-state index in [0.29, 0.717) is 76.9 Å². The van der Waals surface area contributed by atoms with Gasteiger partial charge < -0.3 is 13.3 Å². The van der Waals surface area contributed by atoms with Gasteiger partial charge in [-0.2, -0.15) is 0 Å². The molecule has 0 amide bonds. The molecule has 21 aromatic carbocycles. The number of fused-ring (bicyclic) bond motifs is 19. The minimum Gasteiger partial charge on any atom is -0.456 e. The van der Waals surface area contributed by atoms with Gasteiger partial charge in [-0.3, -0.25) is 0 Å². The first-order chi connectivity index (χ1) is 77.9. The first-order valence-corrected chi connectivity index (χ1v) is 36.9. The zero-order chi connectivity index (χ0) is 119. The van der Waals surface area contributed by atoms with Crippen LogP contribution >= 0.6 is 0 Å². The highest BCUT2D eigenvalue weighted by atomic mass is 16.3. The smallest absolute Gasteiger partial charge is 0.136 e. The molecule has 0 bridgehead atoms. The lowest BCUT2D eigenvalue weighted by atomic mass is 9.80. The highest BCUT2D eigenvalue weighted by Gasteiger charge is 2.37. The van der Waals surface area contributed by atoms with Gasteiger partial charge in [-0.25, -0.2) is 0 Å². The molecule has 3 heteroatoms. The molecular weight excluding hydrogens is 1430 g/mol. The molecule has 1 aliphatic carbocycles. The first-order valence-electron chi connectivity index (χ1n) is 60.4. The Morgan fingerprint density at radius 1 is 0.195 bits per heavy atom. The second-order valence-corrected chi connectivity index (χ2v) is 28.2. The van der Waals surface area contributed by atoms with Crippen LogP contribution in [0.5, 0.6) is 0 Å².